The van der Waals surface area contributed by atoms with Crippen molar-refractivity contribution in [3.05, 3.63) is 28.6 Å². The lowest BCUT2D eigenvalue weighted by Gasteiger charge is -2.28. The van der Waals surface area contributed by atoms with Crippen LogP contribution in [0.1, 0.15) is 38.2 Å². The Morgan fingerprint density at radius 3 is 2.77 bits per heavy atom. The third-order valence-electron chi connectivity index (χ3n) is 5.49. The number of sulfonamides is 1. The molecule has 1 aromatic carbocycles. The maximum absolute atomic E-state index is 12.9. The molecular weight excluding hydrogens is 438 g/mol. The van der Waals surface area contributed by atoms with E-state index < -0.39 is 21.9 Å². The first-order valence-corrected chi connectivity index (χ1v) is 13.1. The molecule has 1 saturated heterocycles. The van der Waals surface area contributed by atoms with Crippen molar-refractivity contribution in [2.24, 2.45) is 10.9 Å². The van der Waals surface area contributed by atoms with Gasteiger partial charge in [-0.25, -0.2) is 12.7 Å². The largest absolute Gasteiger partial charge is 0.468 e. The molecule has 0 radical (unpaired) electrons. The summed E-state index contributed by atoms with van der Waals surface area (Å²) in [4.78, 5) is 29.7. The van der Waals surface area contributed by atoms with Crippen molar-refractivity contribution in [2.45, 2.75) is 45.6 Å². The van der Waals surface area contributed by atoms with Crippen molar-refractivity contribution in [1.29, 1.82) is 0 Å². The normalized spacial score (nSPS) is 18.4. The number of fused-ring (bicyclic) bond motifs is 1. The summed E-state index contributed by atoms with van der Waals surface area (Å²) in [5.41, 5.74) is 2.03. The smallest absolute Gasteiger partial charge is 0.325 e. The monoisotopic (exact) mass is 467 g/mol. The van der Waals surface area contributed by atoms with E-state index in [1.165, 1.54) is 28.3 Å². The predicted octanol–water partition coefficient (Wildman–Crippen LogP) is 2.32. The number of piperidine rings is 1. The highest BCUT2D eigenvalue weighted by Crippen LogP contribution is 2.22. The fourth-order valence-electron chi connectivity index (χ4n) is 3.72. The molecule has 1 atom stereocenters. The first-order valence-electron chi connectivity index (χ1n) is 10.5. The molecule has 0 N–H and O–H groups in total. The molecule has 1 aliphatic heterocycles. The van der Waals surface area contributed by atoms with E-state index in [2.05, 4.69) is 18.0 Å². The molecule has 0 aliphatic carbocycles. The van der Waals surface area contributed by atoms with Gasteiger partial charge in [0.1, 0.15) is 6.54 Å². The molecule has 0 saturated carbocycles. The fraction of sp³-hybridized carbons (Fsp3) is 0.571. The lowest BCUT2D eigenvalue weighted by atomic mass is 9.99. The van der Waals surface area contributed by atoms with Crippen LogP contribution in [0.15, 0.2) is 23.2 Å². The molecule has 1 aliphatic rings. The van der Waals surface area contributed by atoms with Gasteiger partial charge in [0, 0.05) is 13.1 Å². The highest BCUT2D eigenvalue weighted by atomic mass is 32.2. The number of aromatic nitrogens is 1. The molecule has 2 aromatic rings. The number of ether oxygens (including phenoxy) is 1. The predicted molar refractivity (Wildman–Crippen MR) is 120 cm³/mol. The lowest BCUT2D eigenvalue weighted by Crippen LogP contribution is -2.41. The van der Waals surface area contributed by atoms with E-state index in [-0.39, 0.29) is 19.0 Å². The molecular formula is C21H29N3O5S2. The minimum absolute atomic E-state index is 0.0446. The Hall–Kier alpha value is -2.04. The van der Waals surface area contributed by atoms with Crippen LogP contribution in [0.4, 0.5) is 0 Å². The van der Waals surface area contributed by atoms with E-state index in [0.717, 1.165) is 35.7 Å². The van der Waals surface area contributed by atoms with E-state index in [4.69, 9.17) is 4.74 Å². The van der Waals surface area contributed by atoms with Crippen molar-refractivity contribution >= 4 is 43.5 Å². The Balaban J connectivity index is 1.98. The second-order valence-electron chi connectivity index (χ2n) is 7.86. The van der Waals surface area contributed by atoms with E-state index in [1.54, 1.807) is 4.57 Å². The van der Waals surface area contributed by atoms with Crippen LogP contribution in [0.5, 0.6) is 0 Å². The van der Waals surface area contributed by atoms with Crippen LogP contribution in [0, 0.1) is 5.92 Å². The number of thiazole rings is 1. The summed E-state index contributed by atoms with van der Waals surface area (Å²) in [6, 6.07) is 6.07. The van der Waals surface area contributed by atoms with Crippen molar-refractivity contribution in [3.63, 3.8) is 0 Å². The van der Waals surface area contributed by atoms with Crippen LogP contribution in [-0.2, 0) is 37.3 Å². The maximum Gasteiger partial charge on any atom is 0.325 e. The van der Waals surface area contributed by atoms with Crippen LogP contribution >= 0.6 is 11.3 Å². The van der Waals surface area contributed by atoms with E-state index in [9.17, 15) is 18.0 Å². The van der Waals surface area contributed by atoms with E-state index in [1.807, 2.05) is 12.1 Å². The topological polar surface area (TPSA) is 98.0 Å². The number of carbonyl (C=O) groups excluding carboxylic acids is 2. The molecule has 1 amide bonds. The SMILES string of the molecule is CCCCc1ccc2c(c1)sc(=NC(=O)C1CCCN(S(C)(=O)=O)C1)n2CC(=O)OC. The molecule has 8 nitrogen and oxygen atoms in total. The quantitative estimate of drug-likeness (QED) is 0.582. The van der Waals surface area contributed by atoms with Gasteiger partial charge in [-0.1, -0.05) is 30.7 Å². The third-order valence-corrected chi connectivity index (χ3v) is 7.80. The van der Waals surface area contributed by atoms with Gasteiger partial charge in [0.05, 0.1) is 29.5 Å². The summed E-state index contributed by atoms with van der Waals surface area (Å²) in [5.74, 6) is -1.27. The van der Waals surface area contributed by atoms with Gasteiger partial charge in [-0.2, -0.15) is 4.99 Å². The Morgan fingerprint density at radius 1 is 1.32 bits per heavy atom. The summed E-state index contributed by atoms with van der Waals surface area (Å²) in [7, 11) is -2.03. The number of unbranched alkanes of at least 4 members (excludes halogenated alkanes) is 1. The average molecular weight is 468 g/mol. The fourth-order valence-corrected chi connectivity index (χ4v) is 5.73. The minimum atomic E-state index is -3.35. The molecule has 2 heterocycles. The highest BCUT2D eigenvalue weighted by Gasteiger charge is 2.30. The lowest BCUT2D eigenvalue weighted by molar-refractivity contribution is -0.141. The number of hydrogen-bond donors (Lipinski definition) is 0. The van der Waals surface area contributed by atoms with Gasteiger partial charge in [0.15, 0.2) is 4.80 Å². The van der Waals surface area contributed by atoms with Crippen LogP contribution < -0.4 is 4.80 Å². The molecule has 0 spiro atoms. The molecule has 3 rings (SSSR count). The van der Waals surface area contributed by atoms with Crippen LogP contribution in [0.25, 0.3) is 10.2 Å². The van der Waals surface area contributed by atoms with Crippen LogP contribution in [0.2, 0.25) is 0 Å². The number of rotatable bonds is 7. The van der Waals surface area contributed by atoms with Gasteiger partial charge in [0.2, 0.25) is 10.0 Å². The first-order chi connectivity index (χ1) is 14.7. The minimum Gasteiger partial charge on any atom is -0.468 e. The van der Waals surface area contributed by atoms with E-state index in [0.29, 0.717) is 24.2 Å². The zero-order valence-electron chi connectivity index (χ0n) is 18.2. The number of aryl methyl sites for hydroxylation is 1. The number of esters is 1. The number of methoxy groups -OCH3 is 1. The molecule has 31 heavy (non-hydrogen) atoms. The number of nitrogens with zero attached hydrogens (tertiary/aromatic N) is 3. The Bertz CT molecular complexity index is 1130. The molecule has 1 aromatic heterocycles. The zero-order chi connectivity index (χ0) is 22.6. The summed E-state index contributed by atoms with van der Waals surface area (Å²) >= 11 is 1.36. The van der Waals surface area contributed by atoms with Gasteiger partial charge in [0.25, 0.3) is 5.91 Å². The zero-order valence-corrected chi connectivity index (χ0v) is 19.8. The molecule has 10 heteroatoms. The maximum atomic E-state index is 12.9. The van der Waals surface area contributed by atoms with Crippen LogP contribution in [0.3, 0.4) is 0 Å². The van der Waals surface area contributed by atoms with E-state index >= 15 is 0 Å². The standard InChI is InChI=1S/C21H29N3O5S2/c1-4-5-7-15-9-10-17-18(12-15)30-21(24(17)14-19(25)29-2)22-20(26)16-8-6-11-23(13-16)31(3,27)28/h9-10,12,16H,4-8,11,13-14H2,1-3H3. The number of benzene rings is 1. The van der Waals surface area contributed by atoms with Gasteiger partial charge in [-0.3, -0.25) is 9.59 Å². The van der Waals surface area contributed by atoms with Crippen LogP contribution in [-0.4, -0.2) is 55.6 Å². The molecule has 1 unspecified atom stereocenters. The highest BCUT2D eigenvalue weighted by molar-refractivity contribution is 7.88. The first kappa shape index (κ1) is 23.6. The summed E-state index contributed by atoms with van der Waals surface area (Å²) < 4.78 is 32.6. The Kier molecular flexibility index (Phi) is 7.66. The van der Waals surface area contributed by atoms with Gasteiger partial charge in [-0.05, 0) is 43.4 Å². The third kappa shape index (κ3) is 5.81. The van der Waals surface area contributed by atoms with Crippen molar-refractivity contribution in [3.8, 4) is 0 Å². The number of amides is 1. The second-order valence-corrected chi connectivity index (χ2v) is 10.9. The average Bonchev–Trinajstić information content (AvgIpc) is 3.07. The molecule has 1 fully saturated rings. The number of carbonyl (C=O) groups is 2. The molecule has 170 valence electrons. The Labute approximate surface area is 186 Å². The summed E-state index contributed by atoms with van der Waals surface area (Å²) in [5, 5.41) is 0. The van der Waals surface area contributed by atoms with Crippen molar-refractivity contribution in [2.75, 3.05) is 26.5 Å². The summed E-state index contributed by atoms with van der Waals surface area (Å²) in [6.07, 6.45) is 5.53. The Morgan fingerprint density at radius 2 is 2.10 bits per heavy atom. The van der Waals surface area contributed by atoms with Crippen molar-refractivity contribution < 1.29 is 22.7 Å². The number of hydrogen-bond acceptors (Lipinski definition) is 6. The van der Waals surface area contributed by atoms with Crippen molar-refractivity contribution in [1.82, 2.24) is 8.87 Å². The van der Waals surface area contributed by atoms with Gasteiger partial charge in [-0.15, -0.1) is 0 Å². The second kappa shape index (κ2) is 10.1. The van der Waals surface area contributed by atoms with Gasteiger partial charge >= 0.3 is 5.97 Å². The van der Waals surface area contributed by atoms with Gasteiger partial charge < -0.3 is 9.30 Å². The molecule has 0 bridgehead atoms. The summed E-state index contributed by atoms with van der Waals surface area (Å²) in [6.45, 7) is 2.67.